The zero-order valence-electron chi connectivity index (χ0n) is 11.9. The second-order valence-electron chi connectivity index (χ2n) is 5.26. The van der Waals surface area contributed by atoms with Crippen LogP contribution < -0.4 is 11.1 Å². The first kappa shape index (κ1) is 17.2. The normalized spacial score (nSPS) is 13.1. The van der Waals surface area contributed by atoms with E-state index in [0.29, 0.717) is 16.6 Å². The molecule has 0 spiro atoms. The molecule has 0 aliphatic heterocycles. The molecule has 0 radical (unpaired) electrons. The quantitative estimate of drug-likeness (QED) is 0.846. The number of halogens is 2. The number of nitrogens with two attached hydrogens (primary N) is 1. The molecule has 3 N–H and O–H groups in total. The summed E-state index contributed by atoms with van der Waals surface area (Å²) in [5, 5.41) is 3.96. The van der Waals surface area contributed by atoms with E-state index in [1.54, 1.807) is 18.2 Å². The van der Waals surface area contributed by atoms with Crippen LogP contribution in [0.4, 0.5) is 0 Å². The average molecular weight is 319 g/mol. The Balaban J connectivity index is 2.78. The highest BCUT2D eigenvalue weighted by atomic mass is 35.5. The van der Waals surface area contributed by atoms with Gasteiger partial charge in [-0.3, -0.25) is 4.79 Å². The lowest BCUT2D eigenvalue weighted by molar-refractivity contribution is -0.123. The summed E-state index contributed by atoms with van der Waals surface area (Å²) < 4.78 is 4.85. The minimum Gasteiger partial charge on any atom is -0.383 e. The summed E-state index contributed by atoms with van der Waals surface area (Å²) >= 11 is 12.4. The molecule has 1 aromatic carbocycles. The lowest BCUT2D eigenvalue weighted by atomic mass is 9.84. The van der Waals surface area contributed by atoms with Crippen LogP contribution in [0.25, 0.3) is 0 Å². The molecule has 0 saturated carbocycles. The van der Waals surface area contributed by atoms with Crippen molar-refractivity contribution in [1.29, 1.82) is 0 Å². The van der Waals surface area contributed by atoms with Gasteiger partial charge in [0.2, 0.25) is 5.91 Å². The van der Waals surface area contributed by atoms with Crippen LogP contribution in [-0.2, 0) is 14.9 Å². The number of hydrogen-bond acceptors (Lipinski definition) is 3. The number of hydrogen-bond donors (Lipinski definition) is 2. The van der Waals surface area contributed by atoms with Gasteiger partial charge in [-0.25, -0.2) is 0 Å². The molecule has 0 heterocycles. The van der Waals surface area contributed by atoms with Gasteiger partial charge in [0.05, 0.1) is 6.61 Å². The summed E-state index contributed by atoms with van der Waals surface area (Å²) in [6.45, 7) is 4.48. The molecule has 0 aliphatic rings. The molecule has 6 heteroatoms. The van der Waals surface area contributed by atoms with Crippen molar-refractivity contribution >= 4 is 29.1 Å². The fraction of sp³-hybridized carbons (Fsp3) is 0.500. The lowest BCUT2D eigenvalue weighted by Crippen LogP contribution is -2.47. The number of ether oxygens (including phenoxy) is 1. The summed E-state index contributed by atoms with van der Waals surface area (Å²) in [5.41, 5.74) is 6.07. The Bertz CT molecular complexity index is 458. The number of methoxy groups -OCH3 is 1. The number of benzene rings is 1. The Hall–Kier alpha value is -0.810. The highest BCUT2D eigenvalue weighted by Crippen LogP contribution is 2.35. The number of carbonyl (C=O) groups is 1. The molecular formula is C14H20Cl2N2O2. The van der Waals surface area contributed by atoms with E-state index in [4.69, 9.17) is 33.7 Å². The minimum absolute atomic E-state index is 0.180. The van der Waals surface area contributed by atoms with Gasteiger partial charge in [-0.2, -0.15) is 0 Å². The van der Waals surface area contributed by atoms with Gasteiger partial charge in [-0.05, 0) is 17.7 Å². The maximum atomic E-state index is 11.8. The molecular weight excluding hydrogens is 299 g/mol. The summed E-state index contributed by atoms with van der Waals surface area (Å²) in [5.74, 6) is -0.261. The Kier molecular flexibility index (Phi) is 6.27. The molecule has 0 aromatic heterocycles. The maximum Gasteiger partial charge on any atom is 0.239 e. The minimum atomic E-state index is -0.683. The molecule has 4 nitrogen and oxygen atoms in total. The van der Waals surface area contributed by atoms with Crippen LogP contribution in [0.15, 0.2) is 18.2 Å². The van der Waals surface area contributed by atoms with Gasteiger partial charge in [0.1, 0.15) is 6.04 Å². The van der Waals surface area contributed by atoms with Crippen molar-refractivity contribution in [3.63, 3.8) is 0 Å². The number of carbonyl (C=O) groups excluding carboxylic acids is 1. The van der Waals surface area contributed by atoms with E-state index in [-0.39, 0.29) is 12.5 Å². The van der Waals surface area contributed by atoms with E-state index in [0.717, 1.165) is 5.56 Å². The Morgan fingerprint density at radius 2 is 1.95 bits per heavy atom. The van der Waals surface area contributed by atoms with E-state index in [1.165, 1.54) is 7.11 Å². The summed E-state index contributed by atoms with van der Waals surface area (Å²) in [6.07, 6.45) is 0. The highest BCUT2D eigenvalue weighted by molar-refractivity contribution is 6.36. The zero-order chi connectivity index (χ0) is 15.3. The van der Waals surface area contributed by atoms with Crippen LogP contribution in [0.1, 0.15) is 19.4 Å². The van der Waals surface area contributed by atoms with Gasteiger partial charge in [0.15, 0.2) is 0 Å². The van der Waals surface area contributed by atoms with Crippen LogP contribution in [-0.4, -0.2) is 32.2 Å². The number of amides is 1. The van der Waals surface area contributed by atoms with Crippen LogP contribution >= 0.6 is 23.2 Å². The molecule has 0 fully saturated rings. The lowest BCUT2D eigenvalue weighted by Gasteiger charge is -2.28. The third-order valence-electron chi connectivity index (χ3n) is 3.03. The summed E-state index contributed by atoms with van der Waals surface area (Å²) in [6, 6.07) is 4.67. The summed E-state index contributed by atoms with van der Waals surface area (Å²) in [4.78, 5) is 11.8. The van der Waals surface area contributed by atoms with Crippen molar-refractivity contribution in [3.05, 3.63) is 33.8 Å². The van der Waals surface area contributed by atoms with Crippen molar-refractivity contribution < 1.29 is 9.53 Å². The average Bonchev–Trinajstić information content (AvgIpc) is 2.35. The van der Waals surface area contributed by atoms with Gasteiger partial charge < -0.3 is 15.8 Å². The smallest absolute Gasteiger partial charge is 0.239 e. The first-order valence-electron chi connectivity index (χ1n) is 6.26. The third-order valence-corrected chi connectivity index (χ3v) is 3.66. The van der Waals surface area contributed by atoms with E-state index in [1.807, 2.05) is 13.8 Å². The Morgan fingerprint density at radius 1 is 1.40 bits per heavy atom. The van der Waals surface area contributed by atoms with E-state index < -0.39 is 11.5 Å². The van der Waals surface area contributed by atoms with Crippen LogP contribution in [0, 0.1) is 0 Å². The molecule has 1 aromatic rings. The molecule has 1 unspecified atom stereocenters. The number of nitrogens with one attached hydrogen (secondary N) is 1. The third kappa shape index (κ3) is 4.35. The summed E-state index contributed by atoms with van der Waals surface area (Å²) in [7, 11) is 1.50. The van der Waals surface area contributed by atoms with Gasteiger partial charge in [-0.1, -0.05) is 43.1 Å². The van der Waals surface area contributed by atoms with E-state index in [9.17, 15) is 4.79 Å². The van der Waals surface area contributed by atoms with Gasteiger partial charge >= 0.3 is 0 Å². The molecule has 1 atom stereocenters. The molecule has 1 amide bonds. The van der Waals surface area contributed by atoms with Crippen molar-refractivity contribution in [1.82, 2.24) is 5.32 Å². The molecule has 0 aliphatic carbocycles. The van der Waals surface area contributed by atoms with Crippen molar-refractivity contribution in [2.45, 2.75) is 25.3 Å². The second kappa shape index (κ2) is 7.27. The Morgan fingerprint density at radius 3 is 2.45 bits per heavy atom. The molecule has 112 valence electrons. The molecule has 1 rings (SSSR count). The van der Waals surface area contributed by atoms with Gasteiger partial charge in [0.25, 0.3) is 0 Å². The monoisotopic (exact) mass is 318 g/mol. The fourth-order valence-corrected chi connectivity index (χ4v) is 2.84. The van der Waals surface area contributed by atoms with Gasteiger partial charge in [0, 0.05) is 29.1 Å². The predicted molar refractivity (Wildman–Crippen MR) is 82.3 cm³/mol. The van der Waals surface area contributed by atoms with Crippen LogP contribution in [0.5, 0.6) is 0 Å². The van der Waals surface area contributed by atoms with E-state index in [2.05, 4.69) is 5.32 Å². The van der Waals surface area contributed by atoms with Crippen LogP contribution in [0.3, 0.4) is 0 Å². The maximum absolute atomic E-state index is 11.8. The van der Waals surface area contributed by atoms with E-state index >= 15 is 0 Å². The zero-order valence-corrected chi connectivity index (χ0v) is 13.4. The first-order valence-corrected chi connectivity index (χ1v) is 7.02. The first-order chi connectivity index (χ1) is 9.29. The van der Waals surface area contributed by atoms with Crippen LogP contribution in [0.2, 0.25) is 10.0 Å². The largest absolute Gasteiger partial charge is 0.383 e. The SMILES string of the molecule is COCC(N)C(=O)NCC(C)(C)c1c(Cl)cccc1Cl. The standard InChI is InChI=1S/C14H20Cl2N2O2/c1-14(2,8-18-13(19)11(17)7-20-3)12-9(15)5-4-6-10(12)16/h4-6,11H,7-8,17H2,1-3H3,(H,18,19). The Labute approximate surface area is 129 Å². The second-order valence-corrected chi connectivity index (χ2v) is 6.07. The van der Waals surface area contributed by atoms with Crippen molar-refractivity contribution in [2.24, 2.45) is 5.73 Å². The van der Waals surface area contributed by atoms with Crippen molar-refractivity contribution in [2.75, 3.05) is 20.3 Å². The van der Waals surface area contributed by atoms with Gasteiger partial charge in [-0.15, -0.1) is 0 Å². The predicted octanol–water partition coefficient (Wildman–Crippen LogP) is 2.36. The number of rotatable bonds is 6. The highest BCUT2D eigenvalue weighted by Gasteiger charge is 2.27. The molecule has 0 bridgehead atoms. The van der Waals surface area contributed by atoms with Crippen molar-refractivity contribution in [3.8, 4) is 0 Å². The molecule has 0 saturated heterocycles. The topological polar surface area (TPSA) is 64.3 Å². The molecule has 20 heavy (non-hydrogen) atoms. The fourth-order valence-electron chi connectivity index (χ4n) is 1.93.